The van der Waals surface area contributed by atoms with E-state index in [9.17, 15) is 19.8 Å². The average Bonchev–Trinajstić information content (AvgIpc) is 3.39. The molecule has 0 radical (unpaired) electrons. The Bertz CT molecular complexity index is 1230. The number of hydrogen-bond acceptors (Lipinski definition) is 5. The first kappa shape index (κ1) is 70.8. The van der Waals surface area contributed by atoms with Crippen LogP contribution in [0.4, 0.5) is 0 Å². The predicted molar refractivity (Wildman–Crippen MR) is 319 cm³/mol. The molecule has 0 spiro atoms. The van der Waals surface area contributed by atoms with E-state index in [1.165, 1.54) is 263 Å². The largest absolute Gasteiger partial charge is 0.466 e. The fraction of sp³-hybridized carbons (Fsp3) is 0.851. The molecule has 6 heteroatoms. The zero-order chi connectivity index (χ0) is 52.9. The number of nitrogens with one attached hydrogen (secondary N) is 1. The maximum absolute atomic E-state index is 12.5. The van der Waals surface area contributed by atoms with Gasteiger partial charge >= 0.3 is 5.97 Å². The van der Waals surface area contributed by atoms with E-state index in [0.29, 0.717) is 19.4 Å². The van der Waals surface area contributed by atoms with Crippen molar-refractivity contribution in [1.82, 2.24) is 5.32 Å². The van der Waals surface area contributed by atoms with Crippen LogP contribution in [0, 0.1) is 0 Å². The molecule has 0 aliphatic heterocycles. The minimum atomic E-state index is -0.848. The second-order valence-electron chi connectivity index (χ2n) is 22.1. The molecule has 0 bridgehead atoms. The number of hydrogen-bond donors (Lipinski definition) is 3. The van der Waals surface area contributed by atoms with E-state index >= 15 is 0 Å². The lowest BCUT2D eigenvalue weighted by Crippen LogP contribution is -2.45. The van der Waals surface area contributed by atoms with Gasteiger partial charge in [0.1, 0.15) is 0 Å². The third-order valence-electron chi connectivity index (χ3n) is 14.8. The van der Waals surface area contributed by atoms with Crippen molar-refractivity contribution >= 4 is 11.9 Å². The Morgan fingerprint density at radius 3 is 1.08 bits per heavy atom. The van der Waals surface area contributed by atoms with Crippen LogP contribution in [0.2, 0.25) is 0 Å². The van der Waals surface area contributed by atoms with Crippen molar-refractivity contribution in [3.05, 3.63) is 48.6 Å². The van der Waals surface area contributed by atoms with Gasteiger partial charge in [-0.25, -0.2) is 0 Å². The van der Waals surface area contributed by atoms with Crippen LogP contribution in [-0.4, -0.2) is 47.4 Å². The maximum atomic E-state index is 12.5. The van der Waals surface area contributed by atoms with Crippen LogP contribution in [-0.2, 0) is 14.3 Å². The van der Waals surface area contributed by atoms with Gasteiger partial charge in [-0.15, -0.1) is 0 Å². The van der Waals surface area contributed by atoms with E-state index in [4.69, 9.17) is 4.74 Å². The fourth-order valence-corrected chi connectivity index (χ4v) is 9.84. The summed E-state index contributed by atoms with van der Waals surface area (Å²) < 4.78 is 5.48. The highest BCUT2D eigenvalue weighted by Gasteiger charge is 2.18. The van der Waals surface area contributed by atoms with Crippen LogP contribution in [0.1, 0.15) is 341 Å². The number of carbonyl (C=O) groups is 2. The molecule has 1 amide bonds. The van der Waals surface area contributed by atoms with Gasteiger partial charge in [0.15, 0.2) is 0 Å². The van der Waals surface area contributed by atoms with E-state index in [0.717, 1.165) is 51.4 Å². The van der Waals surface area contributed by atoms with Gasteiger partial charge in [0.05, 0.1) is 25.4 Å². The van der Waals surface area contributed by atoms with Gasteiger partial charge in [-0.3, -0.25) is 9.59 Å². The Balaban J connectivity index is 3.44. The van der Waals surface area contributed by atoms with Crippen molar-refractivity contribution in [3.63, 3.8) is 0 Å². The highest BCUT2D eigenvalue weighted by atomic mass is 16.5. The van der Waals surface area contributed by atoms with Crippen molar-refractivity contribution in [3.8, 4) is 0 Å². The number of esters is 1. The number of carbonyl (C=O) groups excluding carboxylic acids is 2. The van der Waals surface area contributed by atoms with Crippen molar-refractivity contribution < 1.29 is 24.5 Å². The standard InChI is InChI=1S/C67H125NO5/c1-3-5-7-9-11-13-15-17-19-28-32-35-39-43-47-51-55-59-65(70)64(63-69)68-66(71)60-56-52-48-44-40-36-33-29-26-24-22-20-21-23-25-27-30-34-38-42-46-50-54-58-62-73-67(72)61-57-53-49-45-41-37-31-18-16-14-12-10-8-6-4-2/h12,14,18,22,24,31,55,59,64-65,69-70H,3-11,13,15-17,19-21,23,25-30,32-54,56-58,60-63H2,1-2H3,(H,68,71)/b14-12-,24-22-,31-18-,59-55+. The molecule has 0 rings (SSSR count). The van der Waals surface area contributed by atoms with Gasteiger partial charge in [-0.2, -0.15) is 0 Å². The highest BCUT2D eigenvalue weighted by molar-refractivity contribution is 5.76. The van der Waals surface area contributed by atoms with Crippen LogP contribution < -0.4 is 5.32 Å². The first-order valence-electron chi connectivity index (χ1n) is 32.4. The second-order valence-corrected chi connectivity index (χ2v) is 22.1. The summed E-state index contributed by atoms with van der Waals surface area (Å²) in [6.45, 7) is 4.88. The van der Waals surface area contributed by atoms with Gasteiger partial charge in [0.2, 0.25) is 5.91 Å². The average molecular weight is 1020 g/mol. The van der Waals surface area contributed by atoms with Crippen LogP contribution in [0.5, 0.6) is 0 Å². The molecule has 3 N–H and O–H groups in total. The first-order valence-corrected chi connectivity index (χ1v) is 32.4. The Kier molecular flexibility index (Phi) is 60.5. The van der Waals surface area contributed by atoms with Gasteiger partial charge in [-0.1, -0.05) is 287 Å². The van der Waals surface area contributed by atoms with Crippen LogP contribution in [0.25, 0.3) is 0 Å². The molecule has 428 valence electrons. The number of allylic oxidation sites excluding steroid dienone is 7. The summed E-state index contributed by atoms with van der Waals surface area (Å²) in [6, 6.07) is -0.632. The van der Waals surface area contributed by atoms with E-state index in [2.05, 4.69) is 55.6 Å². The van der Waals surface area contributed by atoms with Crippen LogP contribution >= 0.6 is 0 Å². The molecule has 2 atom stereocenters. The minimum Gasteiger partial charge on any atom is -0.466 e. The fourth-order valence-electron chi connectivity index (χ4n) is 9.84. The molecule has 0 aliphatic carbocycles. The molecule has 0 saturated carbocycles. The quantitative estimate of drug-likeness (QED) is 0.0320. The molecule has 0 heterocycles. The number of rotatable bonds is 60. The first-order chi connectivity index (χ1) is 36.0. The van der Waals surface area contributed by atoms with Crippen molar-refractivity contribution in [2.75, 3.05) is 13.2 Å². The normalized spacial score (nSPS) is 12.9. The van der Waals surface area contributed by atoms with E-state index in [-0.39, 0.29) is 18.5 Å². The lowest BCUT2D eigenvalue weighted by molar-refractivity contribution is -0.143. The van der Waals surface area contributed by atoms with Gasteiger partial charge in [-0.05, 0) is 89.9 Å². The number of unbranched alkanes of at least 4 members (excludes halogenated alkanes) is 43. The van der Waals surface area contributed by atoms with Crippen molar-refractivity contribution in [2.45, 2.75) is 353 Å². The Morgan fingerprint density at radius 2 is 0.685 bits per heavy atom. The number of aliphatic hydroxyl groups excluding tert-OH is 2. The number of aliphatic hydroxyl groups is 2. The molecule has 0 aliphatic rings. The van der Waals surface area contributed by atoms with E-state index in [1.807, 2.05) is 6.08 Å². The summed E-state index contributed by atoms with van der Waals surface area (Å²) in [4.78, 5) is 24.5. The molecule has 2 unspecified atom stereocenters. The van der Waals surface area contributed by atoms with Gasteiger partial charge in [0, 0.05) is 12.8 Å². The van der Waals surface area contributed by atoms with Crippen molar-refractivity contribution in [1.29, 1.82) is 0 Å². The molecule has 0 aromatic carbocycles. The molecule has 0 aromatic heterocycles. The summed E-state index contributed by atoms with van der Waals surface area (Å²) in [5.74, 6) is -0.0733. The van der Waals surface area contributed by atoms with E-state index in [1.54, 1.807) is 6.08 Å². The molecule has 73 heavy (non-hydrogen) atoms. The number of amides is 1. The monoisotopic (exact) mass is 1020 g/mol. The third-order valence-corrected chi connectivity index (χ3v) is 14.8. The summed E-state index contributed by atoms with van der Waals surface area (Å²) in [7, 11) is 0. The topological polar surface area (TPSA) is 95.9 Å². The summed E-state index contributed by atoms with van der Waals surface area (Å²) >= 11 is 0. The molecular weight excluding hydrogens is 899 g/mol. The summed E-state index contributed by atoms with van der Waals surface area (Å²) in [5, 5.41) is 23.2. The maximum Gasteiger partial charge on any atom is 0.305 e. The smallest absolute Gasteiger partial charge is 0.305 e. The SMILES string of the molecule is CCCCC/C=C\C/C=C\CCCCCCCC(=O)OCCCCCCCCCCCCCC/C=C\CCCCCCCCCCC(=O)NC(CO)C(O)/C=C/CCCCCCCCCCCCCCCCC. The third kappa shape index (κ3) is 58.9. The Labute approximate surface area is 455 Å². The summed E-state index contributed by atoms with van der Waals surface area (Å²) in [6.07, 6.45) is 80.1. The molecule has 6 nitrogen and oxygen atoms in total. The number of ether oxygens (including phenoxy) is 1. The second kappa shape index (κ2) is 62.4. The molecular formula is C67H125NO5. The Morgan fingerprint density at radius 1 is 0.384 bits per heavy atom. The molecule has 0 saturated heterocycles. The van der Waals surface area contributed by atoms with E-state index < -0.39 is 12.1 Å². The predicted octanol–water partition coefficient (Wildman–Crippen LogP) is 20.5. The van der Waals surface area contributed by atoms with Gasteiger partial charge < -0.3 is 20.3 Å². The Hall–Kier alpha value is -2.18. The molecule has 0 fully saturated rings. The van der Waals surface area contributed by atoms with Crippen LogP contribution in [0.3, 0.4) is 0 Å². The lowest BCUT2D eigenvalue weighted by atomic mass is 10.0. The van der Waals surface area contributed by atoms with Gasteiger partial charge in [0.25, 0.3) is 0 Å². The van der Waals surface area contributed by atoms with Crippen molar-refractivity contribution in [2.24, 2.45) is 0 Å². The molecule has 0 aromatic rings. The van der Waals surface area contributed by atoms with Crippen LogP contribution in [0.15, 0.2) is 48.6 Å². The highest BCUT2D eigenvalue weighted by Crippen LogP contribution is 2.17. The zero-order valence-electron chi connectivity index (χ0n) is 48.9. The summed E-state index contributed by atoms with van der Waals surface area (Å²) in [5.41, 5.74) is 0. The minimum absolute atomic E-state index is 0.00213. The lowest BCUT2D eigenvalue weighted by Gasteiger charge is -2.20. The zero-order valence-corrected chi connectivity index (χ0v) is 48.9.